The lowest BCUT2D eigenvalue weighted by atomic mass is 10.0. The lowest BCUT2D eigenvalue weighted by Gasteiger charge is -2.27. The molecule has 2 atom stereocenters. The summed E-state index contributed by atoms with van der Waals surface area (Å²) < 4.78 is 15.8. The number of benzene rings is 2. The summed E-state index contributed by atoms with van der Waals surface area (Å²) in [4.78, 5) is 50.6. The van der Waals surface area contributed by atoms with Crippen molar-refractivity contribution >= 4 is 23.6 Å². The fraction of sp³-hybridized carbons (Fsp3) is 0.250. The van der Waals surface area contributed by atoms with Gasteiger partial charge in [0, 0.05) is 12.0 Å². The van der Waals surface area contributed by atoms with E-state index in [2.05, 4.69) is 15.6 Å². The van der Waals surface area contributed by atoms with E-state index >= 15 is 0 Å². The van der Waals surface area contributed by atoms with Crippen LogP contribution < -0.4 is 5.32 Å². The Balaban J connectivity index is 1.29. The van der Waals surface area contributed by atoms with E-state index < -0.39 is 29.7 Å². The number of nitrogens with one attached hydrogen (secondary N) is 1. The molecule has 2 aromatic carbocycles. The Bertz CT molecular complexity index is 1410. The van der Waals surface area contributed by atoms with Crippen molar-refractivity contribution in [3.8, 4) is 11.3 Å². The number of amides is 4. The van der Waals surface area contributed by atoms with E-state index in [0.29, 0.717) is 29.7 Å². The van der Waals surface area contributed by atoms with Crippen LogP contribution in [0.4, 0.5) is 4.39 Å². The lowest BCUT2D eigenvalue weighted by molar-refractivity contribution is -0.136. The first-order chi connectivity index (χ1) is 16.4. The van der Waals surface area contributed by atoms with Crippen molar-refractivity contribution in [3.63, 3.8) is 0 Å². The maximum atomic E-state index is 14.1. The molecule has 0 bridgehead atoms. The molecule has 1 aliphatic carbocycles. The van der Waals surface area contributed by atoms with Gasteiger partial charge in [0.1, 0.15) is 17.6 Å². The van der Waals surface area contributed by atoms with Gasteiger partial charge in [-0.05, 0) is 48.6 Å². The topological polar surface area (TPSA) is 114 Å². The van der Waals surface area contributed by atoms with Gasteiger partial charge in [-0.3, -0.25) is 29.4 Å². The minimum Gasteiger partial charge on any atom is -0.295 e. The number of rotatable bonds is 3. The molecule has 3 aromatic rings. The lowest BCUT2D eigenvalue weighted by Crippen LogP contribution is -2.54. The van der Waals surface area contributed by atoms with Crippen LogP contribution in [0, 0.1) is 5.82 Å². The predicted molar refractivity (Wildman–Crippen MR) is 115 cm³/mol. The molecular weight excluding hydrogens is 441 g/mol. The Kier molecular flexibility index (Phi) is 4.44. The fourth-order valence-corrected chi connectivity index (χ4v) is 5.05. The van der Waals surface area contributed by atoms with Gasteiger partial charge in [0.25, 0.3) is 11.8 Å². The van der Waals surface area contributed by atoms with E-state index in [9.17, 15) is 23.6 Å². The van der Waals surface area contributed by atoms with Crippen LogP contribution in [0.3, 0.4) is 0 Å². The highest BCUT2D eigenvalue weighted by atomic mass is 19.1. The molecule has 3 aliphatic rings. The van der Waals surface area contributed by atoms with E-state index in [4.69, 9.17) is 0 Å². The van der Waals surface area contributed by atoms with Gasteiger partial charge in [-0.25, -0.2) is 9.07 Å². The maximum absolute atomic E-state index is 14.1. The molecule has 9 nitrogen and oxygen atoms in total. The number of hydrogen-bond donors (Lipinski definition) is 1. The second kappa shape index (κ2) is 7.41. The zero-order chi connectivity index (χ0) is 23.6. The van der Waals surface area contributed by atoms with Crippen LogP contribution >= 0.6 is 0 Å². The molecule has 1 unspecified atom stereocenters. The average molecular weight is 459 g/mol. The number of piperidine rings is 1. The van der Waals surface area contributed by atoms with Gasteiger partial charge in [0.05, 0.1) is 23.4 Å². The third-order valence-electron chi connectivity index (χ3n) is 6.75. The highest BCUT2D eigenvalue weighted by molar-refractivity contribution is 6.23. The van der Waals surface area contributed by atoms with Crippen LogP contribution in [0.25, 0.3) is 11.3 Å². The highest BCUT2D eigenvalue weighted by Crippen LogP contribution is 2.36. The summed E-state index contributed by atoms with van der Waals surface area (Å²) in [5, 5.41) is 10.6. The number of imide groups is 2. The van der Waals surface area contributed by atoms with E-state index in [0.717, 1.165) is 10.5 Å². The summed E-state index contributed by atoms with van der Waals surface area (Å²) in [5.74, 6) is -2.43. The van der Waals surface area contributed by atoms with E-state index in [1.54, 1.807) is 29.1 Å². The summed E-state index contributed by atoms with van der Waals surface area (Å²) in [6, 6.07) is 8.66. The minimum absolute atomic E-state index is 0.0619. The Hall–Kier alpha value is -4.21. The van der Waals surface area contributed by atoms with Gasteiger partial charge < -0.3 is 0 Å². The second-order valence-corrected chi connectivity index (χ2v) is 8.65. The highest BCUT2D eigenvalue weighted by Gasteiger charge is 2.44. The van der Waals surface area contributed by atoms with Crippen LogP contribution in [0.2, 0.25) is 0 Å². The third-order valence-corrected chi connectivity index (χ3v) is 6.75. The SMILES string of the molecule is O=C1CCC(N2C(=O)c3ccc(-c4cn([C@@H]5CCc6c(F)cccc65)nn4)cc3C2=O)C(=O)N1. The van der Waals surface area contributed by atoms with E-state index in [1.807, 2.05) is 6.07 Å². The minimum atomic E-state index is -1.02. The molecule has 0 saturated carbocycles. The van der Waals surface area contributed by atoms with Gasteiger partial charge in [-0.15, -0.1) is 5.10 Å². The molecule has 6 rings (SSSR count). The van der Waals surface area contributed by atoms with Crippen molar-refractivity contribution in [1.82, 2.24) is 25.2 Å². The first kappa shape index (κ1) is 20.4. The van der Waals surface area contributed by atoms with Gasteiger partial charge in [0.15, 0.2) is 0 Å². The standard InChI is InChI=1S/C24H18FN5O4/c25-17-3-1-2-14-13(17)6-7-19(14)29-11-18(27-28-29)12-4-5-15-16(10-12)24(34)30(23(15)33)20-8-9-21(31)26-22(20)32/h1-5,10-11,19-20H,6-9H2,(H,26,31,32)/t19-,20?/m1/s1. The summed E-state index contributed by atoms with van der Waals surface area (Å²) >= 11 is 0. The molecule has 3 heterocycles. The first-order valence-corrected chi connectivity index (χ1v) is 11.0. The molecule has 0 radical (unpaired) electrons. The van der Waals surface area contributed by atoms with Crippen molar-refractivity contribution in [3.05, 3.63) is 70.7 Å². The molecule has 34 heavy (non-hydrogen) atoms. The Labute approximate surface area is 192 Å². The second-order valence-electron chi connectivity index (χ2n) is 8.65. The Morgan fingerprint density at radius 2 is 1.74 bits per heavy atom. The quantitative estimate of drug-likeness (QED) is 0.600. The smallest absolute Gasteiger partial charge is 0.262 e. The van der Waals surface area contributed by atoms with Crippen molar-refractivity contribution in [2.24, 2.45) is 0 Å². The molecule has 10 heteroatoms. The molecule has 170 valence electrons. The van der Waals surface area contributed by atoms with Crippen LogP contribution in [0.15, 0.2) is 42.6 Å². The normalized spacial score (nSPS) is 21.6. The maximum Gasteiger partial charge on any atom is 0.262 e. The van der Waals surface area contributed by atoms with Crippen molar-refractivity contribution in [1.29, 1.82) is 0 Å². The van der Waals surface area contributed by atoms with Gasteiger partial charge in [-0.1, -0.05) is 23.4 Å². The molecular formula is C24H18FN5O4. The number of carbonyl (C=O) groups excluding carboxylic acids is 4. The fourth-order valence-electron chi connectivity index (χ4n) is 5.05. The molecule has 1 saturated heterocycles. The van der Waals surface area contributed by atoms with E-state index in [1.165, 1.54) is 12.1 Å². The number of nitrogens with zero attached hydrogens (tertiary/aromatic N) is 4. The van der Waals surface area contributed by atoms with Crippen LogP contribution in [0.5, 0.6) is 0 Å². The number of fused-ring (bicyclic) bond motifs is 2. The predicted octanol–water partition coefficient (Wildman–Crippen LogP) is 2.02. The molecule has 1 N–H and O–H groups in total. The summed E-state index contributed by atoms with van der Waals surface area (Å²) in [5.41, 5.74) is 3.05. The number of aromatic nitrogens is 3. The van der Waals surface area contributed by atoms with Crippen molar-refractivity contribution < 1.29 is 23.6 Å². The number of hydrogen-bond acceptors (Lipinski definition) is 6. The number of halogens is 1. The van der Waals surface area contributed by atoms with E-state index in [-0.39, 0.29) is 35.8 Å². The van der Waals surface area contributed by atoms with Gasteiger partial charge in [0.2, 0.25) is 11.8 Å². The molecule has 1 fully saturated rings. The summed E-state index contributed by atoms with van der Waals surface area (Å²) in [6.07, 6.45) is 3.23. The Morgan fingerprint density at radius 1 is 0.941 bits per heavy atom. The summed E-state index contributed by atoms with van der Waals surface area (Å²) in [6.45, 7) is 0. The van der Waals surface area contributed by atoms with Crippen LogP contribution in [0.1, 0.15) is 57.1 Å². The van der Waals surface area contributed by atoms with Crippen molar-refractivity contribution in [2.45, 2.75) is 37.8 Å². The van der Waals surface area contributed by atoms with Crippen LogP contribution in [-0.2, 0) is 16.0 Å². The van der Waals surface area contributed by atoms with Crippen molar-refractivity contribution in [2.75, 3.05) is 0 Å². The molecule has 0 spiro atoms. The largest absolute Gasteiger partial charge is 0.295 e. The zero-order valence-electron chi connectivity index (χ0n) is 17.8. The average Bonchev–Trinajstić information content (AvgIpc) is 3.52. The van der Waals surface area contributed by atoms with Gasteiger partial charge in [-0.2, -0.15) is 0 Å². The third kappa shape index (κ3) is 2.98. The zero-order valence-corrected chi connectivity index (χ0v) is 17.8. The molecule has 4 amide bonds. The molecule has 1 aromatic heterocycles. The van der Waals surface area contributed by atoms with Gasteiger partial charge >= 0.3 is 0 Å². The first-order valence-electron chi connectivity index (χ1n) is 11.0. The number of carbonyl (C=O) groups is 4. The molecule has 2 aliphatic heterocycles. The monoisotopic (exact) mass is 459 g/mol. The Morgan fingerprint density at radius 3 is 2.56 bits per heavy atom. The van der Waals surface area contributed by atoms with Crippen LogP contribution in [-0.4, -0.2) is 49.6 Å². The summed E-state index contributed by atoms with van der Waals surface area (Å²) in [7, 11) is 0.